The number of allylic oxidation sites excluding steroid dienone is 1. The Morgan fingerprint density at radius 3 is 2.57 bits per heavy atom. The topological polar surface area (TPSA) is 84.9 Å². The van der Waals surface area contributed by atoms with Crippen molar-refractivity contribution in [1.29, 1.82) is 0 Å². The summed E-state index contributed by atoms with van der Waals surface area (Å²) in [6, 6.07) is 16.2. The van der Waals surface area contributed by atoms with Gasteiger partial charge in [0.05, 0.1) is 0 Å². The molecule has 0 aromatic heterocycles. The number of nitrogens with zero attached hydrogens (tertiary/aromatic N) is 1. The Kier molecular flexibility index (Phi) is 5.76. The number of amides is 1. The van der Waals surface area contributed by atoms with Gasteiger partial charge in [0.1, 0.15) is 23.2 Å². The number of hydrogen-bond donors (Lipinski definition) is 1. The fourth-order valence-electron chi connectivity index (χ4n) is 3.34. The maximum atomic E-state index is 12.8. The molecule has 154 valence electrons. The molecule has 0 aliphatic carbocycles. The highest BCUT2D eigenvalue weighted by atomic mass is 32.2. The Hall–Kier alpha value is -3.26. The molecule has 2 aliphatic heterocycles. The number of anilines is 1. The summed E-state index contributed by atoms with van der Waals surface area (Å²) in [7, 11) is 0. The van der Waals surface area contributed by atoms with E-state index in [1.807, 2.05) is 47.4 Å². The number of thioether (sulfide) groups is 1. The zero-order valence-electron chi connectivity index (χ0n) is 16.3. The summed E-state index contributed by atoms with van der Waals surface area (Å²) in [5.74, 6) is 0.949. The molecule has 1 N–H and O–H groups in total. The van der Waals surface area contributed by atoms with Crippen molar-refractivity contribution in [2.24, 2.45) is 0 Å². The van der Waals surface area contributed by atoms with E-state index in [1.54, 1.807) is 19.1 Å². The van der Waals surface area contributed by atoms with E-state index in [4.69, 9.17) is 9.47 Å². The lowest BCUT2D eigenvalue weighted by Gasteiger charge is -2.19. The molecule has 2 heterocycles. The van der Waals surface area contributed by atoms with Crippen molar-refractivity contribution >= 4 is 33.6 Å². The Morgan fingerprint density at radius 1 is 1.17 bits per heavy atom. The summed E-state index contributed by atoms with van der Waals surface area (Å²) < 4.78 is 11.2. The molecular formula is C22H20N2O5S. The standard InChI is InChI=1S/C22H20N2O5S/c1-14-20(24(13-29-14)16-5-3-2-4-6-16)19(25)12-28-17-9-7-15(8-10-17)11-18-21(26)30-22(27)23-18/h2-10,18H,11-13H2,1H3,(H,23,27). The summed E-state index contributed by atoms with van der Waals surface area (Å²) in [5.41, 5.74) is 2.27. The lowest BCUT2D eigenvalue weighted by atomic mass is 10.1. The monoisotopic (exact) mass is 424 g/mol. The van der Waals surface area contributed by atoms with Gasteiger partial charge in [0, 0.05) is 23.9 Å². The van der Waals surface area contributed by atoms with Crippen LogP contribution in [0, 0.1) is 0 Å². The van der Waals surface area contributed by atoms with Crippen LogP contribution in [0.2, 0.25) is 0 Å². The molecule has 1 amide bonds. The second kappa shape index (κ2) is 8.62. The van der Waals surface area contributed by atoms with Gasteiger partial charge in [-0.2, -0.15) is 0 Å². The molecule has 30 heavy (non-hydrogen) atoms. The number of nitrogens with one attached hydrogen (secondary N) is 1. The molecule has 7 nitrogen and oxygen atoms in total. The van der Waals surface area contributed by atoms with Crippen molar-refractivity contribution in [2.45, 2.75) is 19.4 Å². The third kappa shape index (κ3) is 4.33. The lowest BCUT2D eigenvalue weighted by Crippen LogP contribution is -2.30. The molecule has 0 saturated carbocycles. The molecule has 4 rings (SSSR count). The SMILES string of the molecule is CC1=C(C(=O)COc2ccc(CC3NC(=O)SC3=O)cc2)N(c2ccccc2)CO1. The molecular weight excluding hydrogens is 404 g/mol. The van der Waals surface area contributed by atoms with E-state index < -0.39 is 6.04 Å². The third-order valence-corrected chi connectivity index (χ3v) is 5.64. The molecule has 2 aliphatic rings. The van der Waals surface area contributed by atoms with E-state index >= 15 is 0 Å². The van der Waals surface area contributed by atoms with Crippen molar-refractivity contribution in [2.75, 3.05) is 18.2 Å². The first-order valence-electron chi connectivity index (χ1n) is 9.44. The van der Waals surface area contributed by atoms with Crippen LogP contribution in [0.3, 0.4) is 0 Å². The fourth-order valence-corrected chi connectivity index (χ4v) is 4.01. The van der Waals surface area contributed by atoms with E-state index in [2.05, 4.69) is 5.32 Å². The van der Waals surface area contributed by atoms with Crippen LogP contribution in [0.4, 0.5) is 10.5 Å². The van der Waals surface area contributed by atoms with E-state index in [0.717, 1.165) is 11.3 Å². The fraction of sp³-hybridized carbons (Fsp3) is 0.227. The smallest absolute Gasteiger partial charge is 0.287 e. The molecule has 2 aromatic carbocycles. The highest BCUT2D eigenvalue weighted by Crippen LogP contribution is 2.28. The number of benzene rings is 2. The Labute approximate surface area is 178 Å². The van der Waals surface area contributed by atoms with Crippen molar-refractivity contribution in [3.05, 3.63) is 71.6 Å². The largest absolute Gasteiger partial charge is 0.485 e. The second-order valence-corrected chi connectivity index (χ2v) is 7.88. The molecule has 0 bridgehead atoms. The highest BCUT2D eigenvalue weighted by molar-refractivity contribution is 8.26. The molecule has 1 fully saturated rings. The molecule has 1 saturated heterocycles. The van der Waals surface area contributed by atoms with Gasteiger partial charge in [-0.25, -0.2) is 0 Å². The van der Waals surface area contributed by atoms with Gasteiger partial charge in [-0.05, 0) is 36.8 Å². The molecule has 1 unspecified atom stereocenters. The van der Waals surface area contributed by atoms with Gasteiger partial charge in [0.15, 0.2) is 13.3 Å². The van der Waals surface area contributed by atoms with Gasteiger partial charge in [-0.1, -0.05) is 30.3 Å². The number of ether oxygens (including phenoxy) is 2. The summed E-state index contributed by atoms with van der Waals surface area (Å²) in [6.07, 6.45) is 0.423. The van der Waals surface area contributed by atoms with Crippen LogP contribution in [0.25, 0.3) is 0 Å². The number of Topliss-reactive ketones (excluding diaryl/α,β-unsaturated/α-hetero) is 1. The van der Waals surface area contributed by atoms with E-state index in [9.17, 15) is 14.4 Å². The van der Waals surface area contributed by atoms with Crippen LogP contribution >= 0.6 is 11.8 Å². The van der Waals surface area contributed by atoms with Gasteiger partial charge in [-0.15, -0.1) is 0 Å². The number of carbonyl (C=O) groups excluding carboxylic acids is 3. The van der Waals surface area contributed by atoms with Gasteiger partial charge in [-0.3, -0.25) is 14.4 Å². The van der Waals surface area contributed by atoms with Gasteiger partial charge >= 0.3 is 0 Å². The normalized spacial score (nSPS) is 18.4. The van der Waals surface area contributed by atoms with Crippen LogP contribution in [0.15, 0.2) is 66.1 Å². The van der Waals surface area contributed by atoms with Crippen LogP contribution in [-0.2, 0) is 20.7 Å². The van der Waals surface area contributed by atoms with Crippen LogP contribution in [0.1, 0.15) is 12.5 Å². The zero-order chi connectivity index (χ0) is 21.1. The minimum Gasteiger partial charge on any atom is -0.485 e. The number of hydrogen-bond acceptors (Lipinski definition) is 7. The van der Waals surface area contributed by atoms with Crippen LogP contribution in [0.5, 0.6) is 5.75 Å². The number of carbonyl (C=O) groups is 3. The minimum atomic E-state index is -0.503. The number of rotatable bonds is 7. The first kappa shape index (κ1) is 20.0. The summed E-state index contributed by atoms with van der Waals surface area (Å²) in [6.45, 7) is 1.94. The van der Waals surface area contributed by atoms with Gasteiger partial charge in [0.25, 0.3) is 5.24 Å². The van der Waals surface area contributed by atoms with Crippen LogP contribution < -0.4 is 15.0 Å². The lowest BCUT2D eigenvalue weighted by molar-refractivity contribution is -0.117. The first-order valence-corrected chi connectivity index (χ1v) is 10.3. The van der Waals surface area contributed by atoms with Crippen LogP contribution in [-0.4, -0.2) is 35.5 Å². The average Bonchev–Trinajstić information content (AvgIpc) is 3.29. The molecule has 0 radical (unpaired) electrons. The molecule has 1 atom stereocenters. The highest BCUT2D eigenvalue weighted by Gasteiger charge is 2.31. The Balaban J connectivity index is 1.36. The molecule has 0 spiro atoms. The van der Waals surface area contributed by atoms with Crippen molar-refractivity contribution in [3.8, 4) is 5.75 Å². The Morgan fingerprint density at radius 2 is 1.90 bits per heavy atom. The predicted octanol–water partition coefficient (Wildman–Crippen LogP) is 3.25. The molecule has 8 heteroatoms. The maximum Gasteiger partial charge on any atom is 0.287 e. The number of para-hydroxylation sites is 1. The van der Waals surface area contributed by atoms with Gasteiger partial charge in [0.2, 0.25) is 10.9 Å². The maximum absolute atomic E-state index is 12.8. The van der Waals surface area contributed by atoms with E-state index in [1.165, 1.54) is 0 Å². The van der Waals surface area contributed by atoms with Crippen molar-refractivity contribution < 1.29 is 23.9 Å². The third-order valence-electron chi connectivity index (χ3n) is 4.85. The predicted molar refractivity (Wildman–Crippen MR) is 113 cm³/mol. The quantitative estimate of drug-likeness (QED) is 0.730. The van der Waals surface area contributed by atoms with Crippen molar-refractivity contribution in [1.82, 2.24) is 5.32 Å². The van der Waals surface area contributed by atoms with E-state index in [0.29, 0.717) is 42.1 Å². The average molecular weight is 424 g/mol. The number of ketones is 1. The summed E-state index contributed by atoms with van der Waals surface area (Å²) >= 11 is 0.703. The molecule has 2 aromatic rings. The summed E-state index contributed by atoms with van der Waals surface area (Å²) in [4.78, 5) is 37.6. The van der Waals surface area contributed by atoms with Crippen molar-refractivity contribution in [3.63, 3.8) is 0 Å². The first-order chi connectivity index (χ1) is 14.5. The zero-order valence-corrected chi connectivity index (χ0v) is 17.1. The summed E-state index contributed by atoms with van der Waals surface area (Å²) in [5, 5.41) is 2.16. The Bertz CT molecular complexity index is 1000. The van der Waals surface area contributed by atoms with E-state index in [-0.39, 0.29) is 22.7 Å². The minimum absolute atomic E-state index is 0.119. The van der Waals surface area contributed by atoms with Gasteiger partial charge < -0.3 is 19.7 Å². The second-order valence-electron chi connectivity index (χ2n) is 6.91.